The second-order valence-electron chi connectivity index (χ2n) is 7.78. The van der Waals surface area contributed by atoms with Crippen LogP contribution < -0.4 is 0 Å². The zero-order valence-corrected chi connectivity index (χ0v) is 16.2. The number of carboxylic acid groups (broad SMARTS) is 1. The molecular formula is C21H36O5. The van der Waals surface area contributed by atoms with Crippen LogP contribution in [0, 0.1) is 11.8 Å². The first kappa shape index (κ1) is 22.9. The molecule has 150 valence electrons. The molecule has 1 saturated carbocycles. The largest absolute Gasteiger partial charge is 0.481 e. The summed E-state index contributed by atoms with van der Waals surface area (Å²) in [4.78, 5) is 10.5. The van der Waals surface area contributed by atoms with E-state index in [0.717, 1.165) is 19.3 Å². The number of aliphatic hydroxyl groups is 3. The van der Waals surface area contributed by atoms with E-state index in [9.17, 15) is 20.1 Å². The van der Waals surface area contributed by atoms with E-state index in [2.05, 4.69) is 6.92 Å². The Morgan fingerprint density at radius 1 is 1.15 bits per heavy atom. The maximum Gasteiger partial charge on any atom is 0.303 e. The van der Waals surface area contributed by atoms with Gasteiger partial charge in [-0.15, -0.1) is 0 Å². The number of rotatable bonds is 12. The molecule has 0 bridgehead atoms. The molecule has 0 aromatic rings. The van der Waals surface area contributed by atoms with Gasteiger partial charge in [0.05, 0.1) is 17.8 Å². The highest BCUT2D eigenvalue weighted by atomic mass is 16.4. The first-order valence-electron chi connectivity index (χ1n) is 9.91. The molecule has 4 N–H and O–H groups in total. The minimum absolute atomic E-state index is 0.0802. The van der Waals surface area contributed by atoms with Crippen LogP contribution in [0.5, 0.6) is 0 Å². The normalized spacial score (nSPS) is 28.8. The number of aliphatic carboxylic acids is 1. The average molecular weight is 369 g/mol. The number of allylic oxidation sites excluding steroid dienone is 2. The Balaban J connectivity index is 2.56. The zero-order valence-electron chi connectivity index (χ0n) is 16.2. The van der Waals surface area contributed by atoms with Gasteiger partial charge >= 0.3 is 5.97 Å². The van der Waals surface area contributed by atoms with Crippen molar-refractivity contribution in [2.75, 3.05) is 0 Å². The Morgan fingerprint density at radius 3 is 2.54 bits per heavy atom. The van der Waals surface area contributed by atoms with Crippen LogP contribution in [-0.4, -0.2) is 44.2 Å². The van der Waals surface area contributed by atoms with E-state index in [4.69, 9.17) is 5.11 Å². The standard InChI is InChI=1S/C21H36O5/c1-3-4-9-13-21(2,26)14-12-17-16(18(22)15-19(17)23)10-7-5-6-8-11-20(24)25/h5,7,12,14,16-19,22-23,26H,3-4,6,8-11,13,15H2,1-2H3,(H,24,25)/b7-5+,14-12-/t16-,17-,18+,19-,21+/m1/s1. The molecule has 0 saturated heterocycles. The van der Waals surface area contributed by atoms with Crippen LogP contribution >= 0.6 is 0 Å². The third-order valence-electron chi connectivity index (χ3n) is 5.22. The molecule has 26 heavy (non-hydrogen) atoms. The van der Waals surface area contributed by atoms with Gasteiger partial charge in [-0.3, -0.25) is 4.79 Å². The molecule has 1 rings (SSSR count). The first-order valence-corrected chi connectivity index (χ1v) is 9.91. The Bertz CT molecular complexity index is 469. The maximum atomic E-state index is 10.5. The Kier molecular flexibility index (Phi) is 10.1. The minimum atomic E-state index is -0.889. The molecule has 0 unspecified atom stereocenters. The molecule has 5 atom stereocenters. The van der Waals surface area contributed by atoms with Crippen molar-refractivity contribution in [1.82, 2.24) is 0 Å². The van der Waals surface area contributed by atoms with Crippen LogP contribution in [0.25, 0.3) is 0 Å². The summed E-state index contributed by atoms with van der Waals surface area (Å²) >= 11 is 0. The van der Waals surface area contributed by atoms with Crippen molar-refractivity contribution in [2.45, 2.75) is 89.4 Å². The second kappa shape index (κ2) is 11.5. The Labute approximate surface area is 157 Å². The number of aliphatic hydroxyl groups excluding tert-OH is 2. The first-order chi connectivity index (χ1) is 12.3. The van der Waals surface area contributed by atoms with E-state index in [1.807, 2.05) is 18.2 Å². The molecule has 1 aliphatic carbocycles. The lowest BCUT2D eigenvalue weighted by Crippen LogP contribution is -2.24. The van der Waals surface area contributed by atoms with Crippen LogP contribution in [0.15, 0.2) is 24.3 Å². The fourth-order valence-electron chi connectivity index (χ4n) is 3.58. The van der Waals surface area contributed by atoms with E-state index in [1.54, 1.807) is 13.0 Å². The number of carboxylic acids is 1. The van der Waals surface area contributed by atoms with Gasteiger partial charge in [-0.2, -0.15) is 0 Å². The number of hydrogen-bond donors (Lipinski definition) is 4. The van der Waals surface area contributed by atoms with Crippen LogP contribution in [-0.2, 0) is 4.79 Å². The number of unbranched alkanes of at least 4 members (excludes halogenated alkanes) is 3. The van der Waals surface area contributed by atoms with Gasteiger partial charge in [0, 0.05) is 18.8 Å². The van der Waals surface area contributed by atoms with Crippen molar-refractivity contribution in [3.05, 3.63) is 24.3 Å². The summed E-state index contributed by atoms with van der Waals surface area (Å²) in [5.41, 5.74) is -0.889. The van der Waals surface area contributed by atoms with Gasteiger partial charge in [0.1, 0.15) is 0 Å². The quantitative estimate of drug-likeness (QED) is 0.312. The summed E-state index contributed by atoms with van der Waals surface area (Å²) in [7, 11) is 0. The van der Waals surface area contributed by atoms with Crippen molar-refractivity contribution in [2.24, 2.45) is 11.8 Å². The summed E-state index contributed by atoms with van der Waals surface area (Å²) in [6.45, 7) is 3.91. The lowest BCUT2D eigenvalue weighted by atomic mass is 9.88. The van der Waals surface area contributed by atoms with Gasteiger partial charge in [-0.1, -0.05) is 50.5 Å². The van der Waals surface area contributed by atoms with Gasteiger partial charge in [-0.05, 0) is 38.5 Å². The highest BCUT2D eigenvalue weighted by Crippen LogP contribution is 2.37. The highest BCUT2D eigenvalue weighted by molar-refractivity contribution is 5.66. The van der Waals surface area contributed by atoms with Gasteiger partial charge in [0.15, 0.2) is 0 Å². The predicted molar refractivity (Wildman–Crippen MR) is 103 cm³/mol. The topological polar surface area (TPSA) is 98.0 Å². The summed E-state index contributed by atoms with van der Waals surface area (Å²) in [6.07, 6.45) is 12.7. The molecule has 1 aliphatic rings. The third kappa shape index (κ3) is 8.47. The van der Waals surface area contributed by atoms with Crippen LogP contribution in [0.1, 0.15) is 71.6 Å². The molecule has 1 fully saturated rings. The Hall–Kier alpha value is -1.17. The third-order valence-corrected chi connectivity index (χ3v) is 5.22. The fourth-order valence-corrected chi connectivity index (χ4v) is 3.58. The van der Waals surface area contributed by atoms with Crippen molar-refractivity contribution in [3.8, 4) is 0 Å². The monoisotopic (exact) mass is 368 g/mol. The van der Waals surface area contributed by atoms with Crippen molar-refractivity contribution in [1.29, 1.82) is 0 Å². The molecule has 5 heteroatoms. The molecule has 5 nitrogen and oxygen atoms in total. The molecule has 0 aromatic carbocycles. The predicted octanol–water partition coefficient (Wildman–Crippen LogP) is 3.43. The summed E-state index contributed by atoms with van der Waals surface area (Å²) in [5, 5.41) is 39.6. The fraction of sp³-hybridized carbons (Fsp3) is 0.762. The van der Waals surface area contributed by atoms with Crippen molar-refractivity contribution < 1.29 is 25.2 Å². The molecule has 0 aliphatic heterocycles. The molecule has 0 spiro atoms. The maximum absolute atomic E-state index is 10.5. The highest BCUT2D eigenvalue weighted by Gasteiger charge is 2.39. The van der Waals surface area contributed by atoms with Gasteiger partial charge in [-0.25, -0.2) is 0 Å². The lowest BCUT2D eigenvalue weighted by molar-refractivity contribution is -0.137. The second-order valence-corrected chi connectivity index (χ2v) is 7.78. The van der Waals surface area contributed by atoms with Gasteiger partial charge < -0.3 is 20.4 Å². The molecular weight excluding hydrogens is 332 g/mol. The van der Waals surface area contributed by atoms with E-state index < -0.39 is 23.8 Å². The number of carbonyl (C=O) groups is 1. The van der Waals surface area contributed by atoms with Crippen molar-refractivity contribution in [3.63, 3.8) is 0 Å². The smallest absolute Gasteiger partial charge is 0.303 e. The van der Waals surface area contributed by atoms with E-state index in [1.165, 1.54) is 0 Å². The SMILES string of the molecule is CCCCC[C@](C)(O)/C=C\[C@@H]1[C@@H](C/C=C/CCCC(=O)O)[C@@H](O)C[C@H]1O. The zero-order chi connectivity index (χ0) is 19.6. The van der Waals surface area contributed by atoms with Crippen LogP contribution in [0.3, 0.4) is 0 Å². The molecule has 0 aromatic heterocycles. The molecule has 0 radical (unpaired) electrons. The average Bonchev–Trinajstić information content (AvgIpc) is 2.82. The van der Waals surface area contributed by atoms with Gasteiger partial charge in [0.2, 0.25) is 0 Å². The lowest BCUT2D eigenvalue weighted by Gasteiger charge is -2.23. The summed E-state index contributed by atoms with van der Waals surface area (Å²) < 4.78 is 0. The summed E-state index contributed by atoms with van der Waals surface area (Å²) in [6, 6.07) is 0. The van der Waals surface area contributed by atoms with Gasteiger partial charge in [0.25, 0.3) is 0 Å². The molecule has 0 heterocycles. The van der Waals surface area contributed by atoms with E-state index >= 15 is 0 Å². The Morgan fingerprint density at radius 2 is 1.88 bits per heavy atom. The van der Waals surface area contributed by atoms with E-state index in [0.29, 0.717) is 32.1 Å². The van der Waals surface area contributed by atoms with E-state index in [-0.39, 0.29) is 18.3 Å². The van der Waals surface area contributed by atoms with Crippen LogP contribution in [0.2, 0.25) is 0 Å². The minimum Gasteiger partial charge on any atom is -0.481 e. The number of hydrogen-bond acceptors (Lipinski definition) is 4. The van der Waals surface area contributed by atoms with Crippen molar-refractivity contribution >= 4 is 5.97 Å². The van der Waals surface area contributed by atoms with Crippen LogP contribution in [0.4, 0.5) is 0 Å². The molecule has 0 amide bonds. The summed E-state index contributed by atoms with van der Waals surface area (Å²) in [5.74, 6) is -1.04.